The molecule has 1 rings (SSSR count). The molecule has 0 atom stereocenters. The first-order valence-corrected chi connectivity index (χ1v) is 6.89. The number of nitrogens with zero attached hydrogens (tertiary/aromatic N) is 2. The predicted molar refractivity (Wildman–Crippen MR) is 77.2 cm³/mol. The molecule has 3 nitrogen and oxygen atoms in total. The van der Waals surface area contributed by atoms with Gasteiger partial charge in [-0.3, -0.25) is 4.90 Å². The Bertz CT molecular complexity index is 291. The van der Waals surface area contributed by atoms with E-state index < -0.39 is 0 Å². The van der Waals surface area contributed by atoms with Crippen molar-refractivity contribution in [2.45, 2.75) is 39.0 Å². The van der Waals surface area contributed by atoms with Gasteiger partial charge in [-0.1, -0.05) is 37.5 Å². The quantitative estimate of drug-likeness (QED) is 0.325. The predicted octanol–water partition coefficient (Wildman–Crippen LogP) is 3.46. The van der Waals surface area contributed by atoms with Crippen molar-refractivity contribution in [3.8, 4) is 0 Å². The molecule has 1 N–H and O–H groups in total. The summed E-state index contributed by atoms with van der Waals surface area (Å²) in [7, 11) is 0. The molecule has 3 heteroatoms. The number of oxime groups is 1. The van der Waals surface area contributed by atoms with Crippen LogP contribution in [-0.2, 0) is 0 Å². The Labute approximate surface area is 111 Å². The Balaban J connectivity index is 2.68. The third-order valence-electron chi connectivity index (χ3n) is 3.71. The van der Waals surface area contributed by atoms with E-state index in [1.54, 1.807) is 6.21 Å². The Morgan fingerprint density at radius 2 is 2.00 bits per heavy atom. The molecule has 1 saturated carbocycles. The zero-order valence-electron chi connectivity index (χ0n) is 11.5. The number of hydrogen-bond acceptors (Lipinski definition) is 3. The molecule has 0 aromatic rings. The molecule has 0 unspecified atom stereocenters. The van der Waals surface area contributed by atoms with Gasteiger partial charge in [0.05, 0.1) is 6.21 Å². The van der Waals surface area contributed by atoms with E-state index in [0.29, 0.717) is 0 Å². The minimum atomic E-state index is 0.0532. The minimum absolute atomic E-state index is 0.0532. The maximum Gasteiger partial charge on any atom is 0.0510 e. The van der Waals surface area contributed by atoms with Crippen molar-refractivity contribution in [1.29, 1.82) is 0 Å². The summed E-state index contributed by atoms with van der Waals surface area (Å²) in [5.41, 5.74) is 0.0532. The highest BCUT2D eigenvalue weighted by molar-refractivity contribution is 5.65. The molecule has 0 spiro atoms. The number of hydrogen-bond donors (Lipinski definition) is 1. The van der Waals surface area contributed by atoms with Gasteiger partial charge in [0.2, 0.25) is 0 Å². The van der Waals surface area contributed by atoms with Crippen LogP contribution in [0.15, 0.2) is 30.0 Å². The molecule has 18 heavy (non-hydrogen) atoms. The standard InChI is InChI=1S/C15H26N2O/c1-3-5-12-17(11-4-2)14-15(13-16-18)9-7-6-8-10-15/h3-5,13,18H,2,6-12,14H2,1H3/b5-3+,16-13+. The average Bonchev–Trinajstić information content (AvgIpc) is 2.37. The molecule has 0 heterocycles. The first-order chi connectivity index (χ1) is 8.76. The largest absolute Gasteiger partial charge is 0.411 e. The molecular weight excluding hydrogens is 224 g/mol. The molecule has 0 aromatic heterocycles. The minimum Gasteiger partial charge on any atom is -0.411 e. The molecule has 0 bridgehead atoms. The average molecular weight is 250 g/mol. The number of allylic oxidation sites excluding steroid dienone is 1. The van der Waals surface area contributed by atoms with E-state index in [1.807, 2.05) is 13.0 Å². The van der Waals surface area contributed by atoms with Crippen LogP contribution in [0.5, 0.6) is 0 Å². The van der Waals surface area contributed by atoms with Gasteiger partial charge in [0.15, 0.2) is 0 Å². The van der Waals surface area contributed by atoms with E-state index in [2.05, 4.69) is 28.8 Å². The van der Waals surface area contributed by atoms with Crippen molar-refractivity contribution in [2.75, 3.05) is 19.6 Å². The third kappa shape index (κ3) is 4.65. The Kier molecular flexibility index (Phi) is 6.73. The van der Waals surface area contributed by atoms with Gasteiger partial charge in [0.25, 0.3) is 0 Å². The molecule has 0 aromatic carbocycles. The van der Waals surface area contributed by atoms with E-state index in [-0.39, 0.29) is 5.41 Å². The van der Waals surface area contributed by atoms with Gasteiger partial charge >= 0.3 is 0 Å². The van der Waals surface area contributed by atoms with Crippen LogP contribution in [0.25, 0.3) is 0 Å². The third-order valence-corrected chi connectivity index (χ3v) is 3.71. The topological polar surface area (TPSA) is 35.8 Å². The monoisotopic (exact) mass is 250 g/mol. The second-order valence-electron chi connectivity index (χ2n) is 5.22. The van der Waals surface area contributed by atoms with Crippen molar-refractivity contribution in [2.24, 2.45) is 10.6 Å². The summed E-state index contributed by atoms with van der Waals surface area (Å²) in [6, 6.07) is 0. The fourth-order valence-electron chi connectivity index (χ4n) is 2.79. The Morgan fingerprint density at radius 3 is 2.56 bits per heavy atom. The van der Waals surface area contributed by atoms with Gasteiger partial charge in [-0.25, -0.2) is 0 Å². The Morgan fingerprint density at radius 1 is 1.28 bits per heavy atom. The molecule has 102 valence electrons. The summed E-state index contributed by atoms with van der Waals surface area (Å²) in [4.78, 5) is 2.36. The molecule has 1 fully saturated rings. The summed E-state index contributed by atoms with van der Waals surface area (Å²) in [5, 5.41) is 12.2. The lowest BCUT2D eigenvalue weighted by atomic mass is 9.74. The second-order valence-corrected chi connectivity index (χ2v) is 5.22. The first-order valence-electron chi connectivity index (χ1n) is 6.89. The Hall–Kier alpha value is -1.09. The lowest BCUT2D eigenvalue weighted by Crippen LogP contribution is -2.40. The van der Waals surface area contributed by atoms with Crippen molar-refractivity contribution < 1.29 is 5.21 Å². The smallest absolute Gasteiger partial charge is 0.0510 e. The molecule has 1 aliphatic rings. The van der Waals surface area contributed by atoms with Gasteiger partial charge in [-0.2, -0.15) is 0 Å². The van der Waals surface area contributed by atoms with Crippen LogP contribution in [0.1, 0.15) is 39.0 Å². The van der Waals surface area contributed by atoms with Crippen LogP contribution in [0.2, 0.25) is 0 Å². The SMILES string of the molecule is C=CCN(C/C=C/C)CC1(/C=N/O)CCCCC1. The normalized spacial score (nSPS) is 19.9. The molecule has 0 aliphatic heterocycles. The summed E-state index contributed by atoms with van der Waals surface area (Å²) in [6.45, 7) is 8.63. The van der Waals surface area contributed by atoms with Crippen LogP contribution in [0, 0.1) is 5.41 Å². The van der Waals surface area contributed by atoms with E-state index in [0.717, 1.165) is 32.5 Å². The first kappa shape index (κ1) is 15.0. The molecule has 1 aliphatic carbocycles. The van der Waals surface area contributed by atoms with Crippen LogP contribution < -0.4 is 0 Å². The summed E-state index contributed by atoms with van der Waals surface area (Å²) in [5.74, 6) is 0. The van der Waals surface area contributed by atoms with Gasteiger partial charge in [0.1, 0.15) is 0 Å². The zero-order chi connectivity index (χ0) is 13.3. The fourth-order valence-corrected chi connectivity index (χ4v) is 2.79. The molecule has 0 saturated heterocycles. The zero-order valence-corrected chi connectivity index (χ0v) is 11.5. The lowest BCUT2D eigenvalue weighted by Gasteiger charge is -2.37. The highest BCUT2D eigenvalue weighted by atomic mass is 16.4. The highest BCUT2D eigenvalue weighted by Crippen LogP contribution is 2.35. The van der Waals surface area contributed by atoms with Crippen LogP contribution >= 0.6 is 0 Å². The molecular formula is C15H26N2O. The highest BCUT2D eigenvalue weighted by Gasteiger charge is 2.32. The van der Waals surface area contributed by atoms with E-state index in [9.17, 15) is 0 Å². The van der Waals surface area contributed by atoms with E-state index in [4.69, 9.17) is 5.21 Å². The maximum atomic E-state index is 8.92. The number of rotatable bonds is 7. The van der Waals surface area contributed by atoms with Gasteiger partial charge in [-0.15, -0.1) is 11.7 Å². The van der Waals surface area contributed by atoms with Gasteiger partial charge < -0.3 is 5.21 Å². The lowest BCUT2D eigenvalue weighted by molar-refractivity contribution is 0.183. The van der Waals surface area contributed by atoms with Crippen molar-refractivity contribution in [3.05, 3.63) is 24.8 Å². The van der Waals surface area contributed by atoms with Gasteiger partial charge in [0, 0.05) is 25.0 Å². The van der Waals surface area contributed by atoms with Crippen LogP contribution in [0.4, 0.5) is 0 Å². The van der Waals surface area contributed by atoms with Gasteiger partial charge in [-0.05, 0) is 19.8 Å². The van der Waals surface area contributed by atoms with Crippen molar-refractivity contribution in [3.63, 3.8) is 0 Å². The summed E-state index contributed by atoms with van der Waals surface area (Å²) in [6.07, 6.45) is 14.0. The fraction of sp³-hybridized carbons (Fsp3) is 0.667. The summed E-state index contributed by atoms with van der Waals surface area (Å²) < 4.78 is 0. The van der Waals surface area contributed by atoms with E-state index in [1.165, 1.54) is 19.3 Å². The van der Waals surface area contributed by atoms with Crippen LogP contribution in [0.3, 0.4) is 0 Å². The molecule has 0 amide bonds. The maximum absolute atomic E-state index is 8.92. The molecule has 0 radical (unpaired) electrons. The summed E-state index contributed by atoms with van der Waals surface area (Å²) >= 11 is 0. The second kappa shape index (κ2) is 8.09. The van der Waals surface area contributed by atoms with Crippen LogP contribution in [-0.4, -0.2) is 36.0 Å². The van der Waals surface area contributed by atoms with E-state index >= 15 is 0 Å². The van der Waals surface area contributed by atoms with Crippen molar-refractivity contribution in [1.82, 2.24) is 4.90 Å². The van der Waals surface area contributed by atoms with Crippen molar-refractivity contribution >= 4 is 6.21 Å².